The maximum atomic E-state index is 13.3. The average molecular weight is 247 g/mol. The number of rotatable bonds is 1. The van der Waals surface area contributed by atoms with Gasteiger partial charge in [0.05, 0.1) is 5.56 Å². The zero-order chi connectivity index (χ0) is 9.26. The molecule has 1 atom stereocenters. The average Bonchev–Trinajstić information content (AvgIpc) is 2.17. The van der Waals surface area contributed by atoms with Crippen LogP contribution in [-0.2, 0) is 4.74 Å². The molecule has 0 bridgehead atoms. The van der Waals surface area contributed by atoms with Crippen LogP contribution in [-0.4, -0.2) is 12.1 Å². The van der Waals surface area contributed by atoms with Crippen LogP contribution in [0, 0.1) is 5.82 Å². The minimum absolute atomic E-state index is 0.187. The molecule has 13 heavy (non-hydrogen) atoms. The minimum atomic E-state index is -0.276. The van der Waals surface area contributed by atoms with Gasteiger partial charge in [-0.15, -0.1) is 0 Å². The molecule has 1 unspecified atom stereocenters. The molecule has 1 aliphatic heterocycles. The Hall–Kier alpha value is -0.610. The van der Waals surface area contributed by atoms with Gasteiger partial charge in [0, 0.05) is 5.33 Å². The van der Waals surface area contributed by atoms with E-state index in [1.807, 2.05) is 0 Å². The van der Waals surface area contributed by atoms with Gasteiger partial charge in [0.1, 0.15) is 17.7 Å². The molecule has 0 fully saturated rings. The third-order valence-corrected chi connectivity index (χ3v) is 2.55. The van der Waals surface area contributed by atoms with Gasteiger partial charge in [-0.3, -0.25) is 0 Å². The van der Waals surface area contributed by atoms with Crippen LogP contribution in [0.3, 0.4) is 0 Å². The molecule has 0 spiro atoms. The molecule has 0 N–H and O–H groups in total. The molecule has 4 heteroatoms. The van der Waals surface area contributed by atoms with E-state index in [1.165, 1.54) is 6.07 Å². The van der Waals surface area contributed by atoms with Crippen molar-refractivity contribution in [1.29, 1.82) is 0 Å². The number of ether oxygens (including phenoxy) is 2. The van der Waals surface area contributed by atoms with Gasteiger partial charge in [-0.2, -0.15) is 0 Å². The number of hydrogen-bond acceptors (Lipinski definition) is 2. The van der Waals surface area contributed by atoms with Crippen LogP contribution in [0.15, 0.2) is 18.2 Å². The fourth-order valence-corrected chi connectivity index (χ4v) is 1.85. The molecular formula is C9H8BrFO2. The lowest BCUT2D eigenvalue weighted by Gasteiger charge is -2.24. The van der Waals surface area contributed by atoms with E-state index in [1.54, 1.807) is 12.1 Å². The Labute approximate surface area is 83.8 Å². The molecule has 0 radical (unpaired) electrons. The highest BCUT2D eigenvalue weighted by molar-refractivity contribution is 9.09. The zero-order valence-corrected chi connectivity index (χ0v) is 8.38. The predicted octanol–water partition coefficient (Wildman–Crippen LogP) is 2.63. The quantitative estimate of drug-likeness (QED) is 0.710. The first-order valence-electron chi connectivity index (χ1n) is 3.91. The second kappa shape index (κ2) is 3.64. The summed E-state index contributed by atoms with van der Waals surface area (Å²) in [5.74, 6) is 0.303. The molecular weight excluding hydrogens is 239 g/mol. The van der Waals surface area contributed by atoms with E-state index < -0.39 is 0 Å². The Kier molecular flexibility index (Phi) is 2.51. The summed E-state index contributed by atoms with van der Waals surface area (Å²) in [5.41, 5.74) is 0.505. The van der Waals surface area contributed by atoms with Crippen LogP contribution in [0.4, 0.5) is 4.39 Å². The Morgan fingerprint density at radius 2 is 2.38 bits per heavy atom. The highest BCUT2D eigenvalue weighted by Gasteiger charge is 2.24. The van der Waals surface area contributed by atoms with Crippen LogP contribution in [0.2, 0.25) is 0 Å². The summed E-state index contributed by atoms with van der Waals surface area (Å²) in [6, 6.07) is 4.79. The summed E-state index contributed by atoms with van der Waals surface area (Å²) in [6.07, 6.45) is -0.245. The van der Waals surface area contributed by atoms with Crippen molar-refractivity contribution in [3.8, 4) is 5.75 Å². The maximum Gasteiger partial charge on any atom is 0.189 e. The van der Waals surface area contributed by atoms with Crippen molar-refractivity contribution < 1.29 is 13.9 Å². The molecule has 2 rings (SSSR count). The van der Waals surface area contributed by atoms with Gasteiger partial charge in [0.2, 0.25) is 0 Å². The zero-order valence-electron chi connectivity index (χ0n) is 6.80. The van der Waals surface area contributed by atoms with E-state index in [9.17, 15) is 4.39 Å². The van der Waals surface area contributed by atoms with Crippen LogP contribution in [0.25, 0.3) is 0 Å². The molecule has 0 aromatic heterocycles. The van der Waals surface area contributed by atoms with Crippen molar-refractivity contribution >= 4 is 15.9 Å². The molecule has 2 nitrogen and oxygen atoms in total. The first kappa shape index (κ1) is 8.97. The number of hydrogen-bond donors (Lipinski definition) is 0. The van der Waals surface area contributed by atoms with Gasteiger partial charge < -0.3 is 9.47 Å². The number of alkyl halides is 1. The topological polar surface area (TPSA) is 18.5 Å². The summed E-state index contributed by atoms with van der Waals surface area (Å²) in [4.78, 5) is 0. The summed E-state index contributed by atoms with van der Waals surface area (Å²) in [5, 5.41) is 0.574. The molecule has 1 aromatic carbocycles. The van der Waals surface area contributed by atoms with Crippen LogP contribution in [0.1, 0.15) is 11.7 Å². The van der Waals surface area contributed by atoms with Crippen LogP contribution < -0.4 is 4.74 Å². The van der Waals surface area contributed by atoms with E-state index in [2.05, 4.69) is 15.9 Å². The number of halogens is 2. The Morgan fingerprint density at radius 1 is 1.54 bits per heavy atom. The van der Waals surface area contributed by atoms with E-state index in [0.29, 0.717) is 16.6 Å². The second-order valence-electron chi connectivity index (χ2n) is 2.72. The van der Waals surface area contributed by atoms with Gasteiger partial charge >= 0.3 is 0 Å². The van der Waals surface area contributed by atoms with E-state index in [0.717, 1.165) is 0 Å². The van der Waals surface area contributed by atoms with E-state index >= 15 is 0 Å². The Morgan fingerprint density at radius 3 is 3.15 bits per heavy atom. The van der Waals surface area contributed by atoms with Crippen LogP contribution in [0.5, 0.6) is 5.75 Å². The van der Waals surface area contributed by atoms with Gasteiger partial charge in [0.15, 0.2) is 6.79 Å². The first-order valence-corrected chi connectivity index (χ1v) is 5.04. The standard InChI is InChI=1S/C9H8BrFO2/c10-4-8-9-6(11)2-1-3-7(9)12-5-13-8/h1-3,8H,4-5H2. The van der Waals surface area contributed by atoms with Crippen molar-refractivity contribution in [1.82, 2.24) is 0 Å². The molecule has 70 valence electrons. The minimum Gasteiger partial charge on any atom is -0.467 e. The smallest absolute Gasteiger partial charge is 0.189 e. The third-order valence-electron chi connectivity index (χ3n) is 1.96. The predicted molar refractivity (Wildman–Crippen MR) is 49.5 cm³/mol. The molecule has 1 aromatic rings. The largest absolute Gasteiger partial charge is 0.467 e. The van der Waals surface area contributed by atoms with Gasteiger partial charge in [-0.1, -0.05) is 22.0 Å². The van der Waals surface area contributed by atoms with E-state index in [4.69, 9.17) is 9.47 Å². The van der Waals surface area contributed by atoms with Crippen molar-refractivity contribution in [2.24, 2.45) is 0 Å². The van der Waals surface area contributed by atoms with Crippen molar-refractivity contribution in [3.63, 3.8) is 0 Å². The summed E-state index contributed by atoms with van der Waals surface area (Å²) in [7, 11) is 0. The number of benzene rings is 1. The van der Waals surface area contributed by atoms with Crippen molar-refractivity contribution in [3.05, 3.63) is 29.6 Å². The fraction of sp³-hybridized carbons (Fsp3) is 0.333. The monoisotopic (exact) mass is 246 g/mol. The summed E-state index contributed by atoms with van der Waals surface area (Å²) in [6.45, 7) is 0.187. The summed E-state index contributed by atoms with van der Waals surface area (Å²) >= 11 is 3.27. The highest BCUT2D eigenvalue weighted by atomic mass is 79.9. The number of fused-ring (bicyclic) bond motifs is 1. The third kappa shape index (κ3) is 1.56. The maximum absolute atomic E-state index is 13.3. The van der Waals surface area contributed by atoms with Gasteiger partial charge in [0.25, 0.3) is 0 Å². The lowest BCUT2D eigenvalue weighted by molar-refractivity contribution is -0.0505. The molecule has 1 heterocycles. The molecule has 0 aliphatic carbocycles. The SMILES string of the molecule is Fc1cccc2c1C(CBr)OCO2. The molecule has 0 amide bonds. The molecule has 1 aliphatic rings. The first-order chi connectivity index (χ1) is 6.33. The van der Waals surface area contributed by atoms with Gasteiger partial charge in [-0.05, 0) is 12.1 Å². The molecule has 0 saturated carbocycles. The molecule has 0 saturated heterocycles. The lowest BCUT2D eigenvalue weighted by atomic mass is 10.1. The Balaban J connectivity index is 2.47. The fourth-order valence-electron chi connectivity index (χ4n) is 1.34. The summed E-state index contributed by atoms with van der Waals surface area (Å²) < 4.78 is 23.7. The van der Waals surface area contributed by atoms with Crippen LogP contribution >= 0.6 is 15.9 Å². The second-order valence-corrected chi connectivity index (χ2v) is 3.37. The normalized spacial score (nSPS) is 20.6. The van der Waals surface area contributed by atoms with Crippen molar-refractivity contribution in [2.75, 3.05) is 12.1 Å². The van der Waals surface area contributed by atoms with E-state index in [-0.39, 0.29) is 18.7 Å². The van der Waals surface area contributed by atoms with Gasteiger partial charge in [-0.25, -0.2) is 4.39 Å². The van der Waals surface area contributed by atoms with Crippen molar-refractivity contribution in [2.45, 2.75) is 6.10 Å². The highest BCUT2D eigenvalue weighted by Crippen LogP contribution is 2.34. The lowest BCUT2D eigenvalue weighted by Crippen LogP contribution is -2.19. The Bertz CT molecular complexity index is 316.